The first-order valence-corrected chi connectivity index (χ1v) is 4.43. The average molecular weight is 152 g/mol. The molecular formula is C10H16O. The highest BCUT2D eigenvalue weighted by Gasteiger charge is 2.36. The lowest BCUT2D eigenvalue weighted by molar-refractivity contribution is 0.361. The molecule has 11 heavy (non-hydrogen) atoms. The lowest BCUT2D eigenvalue weighted by Crippen LogP contribution is -1.91. The second-order valence-electron chi connectivity index (χ2n) is 2.99. The average Bonchev–Trinajstić information content (AvgIpc) is 2.76. The van der Waals surface area contributed by atoms with Crippen LogP contribution in [-0.2, 0) is 4.74 Å². The van der Waals surface area contributed by atoms with Crippen LogP contribution >= 0.6 is 0 Å². The SMILES string of the molecule is CC#CCC1OC1CCCC. The van der Waals surface area contributed by atoms with Crippen LogP contribution in [0, 0.1) is 11.8 Å². The summed E-state index contributed by atoms with van der Waals surface area (Å²) in [7, 11) is 0. The number of hydrogen-bond acceptors (Lipinski definition) is 1. The van der Waals surface area contributed by atoms with Gasteiger partial charge in [-0.05, 0) is 13.3 Å². The van der Waals surface area contributed by atoms with Crippen LogP contribution in [0.1, 0.15) is 39.5 Å². The smallest absolute Gasteiger partial charge is 0.0950 e. The maximum atomic E-state index is 5.42. The second-order valence-corrected chi connectivity index (χ2v) is 2.99. The minimum absolute atomic E-state index is 0.467. The van der Waals surface area contributed by atoms with E-state index in [1.807, 2.05) is 6.92 Å². The van der Waals surface area contributed by atoms with E-state index in [1.165, 1.54) is 19.3 Å². The third kappa shape index (κ3) is 2.95. The van der Waals surface area contributed by atoms with E-state index in [4.69, 9.17) is 4.74 Å². The number of rotatable bonds is 4. The molecule has 0 aromatic carbocycles. The Morgan fingerprint density at radius 3 is 2.82 bits per heavy atom. The summed E-state index contributed by atoms with van der Waals surface area (Å²) in [6.45, 7) is 4.09. The maximum Gasteiger partial charge on any atom is 0.0950 e. The van der Waals surface area contributed by atoms with Crippen molar-refractivity contribution in [2.45, 2.75) is 51.7 Å². The predicted molar refractivity (Wildman–Crippen MR) is 46.3 cm³/mol. The highest BCUT2D eigenvalue weighted by atomic mass is 16.6. The fourth-order valence-corrected chi connectivity index (χ4v) is 1.22. The van der Waals surface area contributed by atoms with Crippen molar-refractivity contribution in [1.29, 1.82) is 0 Å². The van der Waals surface area contributed by atoms with Gasteiger partial charge in [-0.2, -0.15) is 0 Å². The molecule has 1 saturated heterocycles. The highest BCUT2D eigenvalue weighted by Crippen LogP contribution is 2.29. The predicted octanol–water partition coefficient (Wildman–Crippen LogP) is 2.36. The molecule has 0 amide bonds. The molecule has 62 valence electrons. The molecule has 2 atom stereocenters. The van der Waals surface area contributed by atoms with E-state index in [2.05, 4.69) is 18.8 Å². The van der Waals surface area contributed by atoms with Gasteiger partial charge in [-0.3, -0.25) is 0 Å². The van der Waals surface area contributed by atoms with Gasteiger partial charge in [0.25, 0.3) is 0 Å². The number of epoxide rings is 1. The standard InChI is InChI=1S/C10H16O/c1-3-5-7-9-10(11-9)8-6-4-2/h9-10H,3,5,7-8H2,1-2H3. The summed E-state index contributed by atoms with van der Waals surface area (Å²) < 4.78 is 5.42. The van der Waals surface area contributed by atoms with Gasteiger partial charge >= 0.3 is 0 Å². The quantitative estimate of drug-likeness (QED) is 0.445. The minimum Gasteiger partial charge on any atom is -0.369 e. The Morgan fingerprint density at radius 2 is 2.18 bits per heavy atom. The van der Waals surface area contributed by atoms with Gasteiger partial charge in [0.15, 0.2) is 0 Å². The fourth-order valence-electron chi connectivity index (χ4n) is 1.22. The molecule has 0 saturated carbocycles. The van der Waals surface area contributed by atoms with Crippen LogP contribution in [-0.4, -0.2) is 12.2 Å². The topological polar surface area (TPSA) is 12.5 Å². The highest BCUT2D eigenvalue weighted by molar-refractivity contribution is 5.02. The van der Waals surface area contributed by atoms with Crippen molar-refractivity contribution in [2.75, 3.05) is 0 Å². The van der Waals surface area contributed by atoms with Gasteiger partial charge in [0.2, 0.25) is 0 Å². The Balaban J connectivity index is 2.00. The number of hydrogen-bond donors (Lipinski definition) is 0. The Hall–Kier alpha value is -0.480. The molecule has 0 aromatic rings. The van der Waals surface area contributed by atoms with Crippen molar-refractivity contribution in [3.63, 3.8) is 0 Å². The molecule has 0 aromatic heterocycles. The number of ether oxygens (including phenoxy) is 1. The Bertz CT molecular complexity index is 163. The molecule has 1 rings (SSSR count). The zero-order valence-corrected chi connectivity index (χ0v) is 7.39. The van der Waals surface area contributed by atoms with Crippen LogP contribution in [0.5, 0.6) is 0 Å². The van der Waals surface area contributed by atoms with E-state index in [-0.39, 0.29) is 0 Å². The molecule has 1 fully saturated rings. The van der Waals surface area contributed by atoms with Crippen molar-refractivity contribution >= 4 is 0 Å². The summed E-state index contributed by atoms with van der Waals surface area (Å²) in [5, 5.41) is 0. The molecule has 0 radical (unpaired) electrons. The molecule has 2 unspecified atom stereocenters. The van der Waals surface area contributed by atoms with Gasteiger partial charge in [-0.1, -0.05) is 19.8 Å². The minimum atomic E-state index is 0.467. The van der Waals surface area contributed by atoms with Crippen LogP contribution in [0.15, 0.2) is 0 Å². The molecule has 0 N–H and O–H groups in total. The molecule has 1 aliphatic heterocycles. The third-order valence-electron chi connectivity index (χ3n) is 2.01. The summed E-state index contributed by atoms with van der Waals surface area (Å²) >= 11 is 0. The van der Waals surface area contributed by atoms with E-state index in [9.17, 15) is 0 Å². The van der Waals surface area contributed by atoms with E-state index in [1.54, 1.807) is 0 Å². The van der Waals surface area contributed by atoms with Crippen molar-refractivity contribution in [1.82, 2.24) is 0 Å². The van der Waals surface area contributed by atoms with Gasteiger partial charge in [-0.25, -0.2) is 0 Å². The van der Waals surface area contributed by atoms with Gasteiger partial charge in [0.05, 0.1) is 12.2 Å². The Morgan fingerprint density at radius 1 is 1.36 bits per heavy atom. The van der Waals surface area contributed by atoms with Crippen molar-refractivity contribution in [3.8, 4) is 11.8 Å². The zero-order valence-electron chi connectivity index (χ0n) is 7.39. The summed E-state index contributed by atoms with van der Waals surface area (Å²) in [6.07, 6.45) is 5.73. The van der Waals surface area contributed by atoms with Gasteiger partial charge < -0.3 is 4.74 Å². The molecule has 0 spiro atoms. The third-order valence-corrected chi connectivity index (χ3v) is 2.01. The number of unbranched alkanes of at least 4 members (excludes halogenated alkanes) is 1. The molecule has 1 nitrogen and oxygen atoms in total. The monoisotopic (exact) mass is 152 g/mol. The molecule has 0 aliphatic carbocycles. The zero-order chi connectivity index (χ0) is 8.10. The van der Waals surface area contributed by atoms with Crippen LogP contribution in [0.2, 0.25) is 0 Å². The first-order valence-electron chi connectivity index (χ1n) is 4.43. The van der Waals surface area contributed by atoms with Gasteiger partial charge in [0, 0.05) is 6.42 Å². The van der Waals surface area contributed by atoms with E-state index < -0.39 is 0 Å². The largest absolute Gasteiger partial charge is 0.369 e. The maximum absolute atomic E-state index is 5.42. The van der Waals surface area contributed by atoms with Crippen molar-refractivity contribution in [3.05, 3.63) is 0 Å². The van der Waals surface area contributed by atoms with Crippen LogP contribution in [0.4, 0.5) is 0 Å². The first-order chi connectivity index (χ1) is 5.38. The lowest BCUT2D eigenvalue weighted by atomic mass is 10.1. The van der Waals surface area contributed by atoms with Gasteiger partial charge in [0.1, 0.15) is 0 Å². The summed E-state index contributed by atoms with van der Waals surface area (Å²) in [5.41, 5.74) is 0. The molecule has 1 heteroatoms. The molecule has 1 heterocycles. The van der Waals surface area contributed by atoms with E-state index in [0.29, 0.717) is 12.2 Å². The summed E-state index contributed by atoms with van der Waals surface area (Å²) in [4.78, 5) is 0. The van der Waals surface area contributed by atoms with Crippen LogP contribution in [0.25, 0.3) is 0 Å². The fraction of sp³-hybridized carbons (Fsp3) is 0.800. The lowest BCUT2D eigenvalue weighted by Gasteiger charge is -1.89. The van der Waals surface area contributed by atoms with Gasteiger partial charge in [-0.15, -0.1) is 11.8 Å². The molecule has 0 bridgehead atoms. The normalized spacial score (nSPS) is 27.5. The first kappa shape index (κ1) is 8.62. The molecular weight excluding hydrogens is 136 g/mol. The Kier molecular flexibility index (Phi) is 3.45. The van der Waals surface area contributed by atoms with Crippen molar-refractivity contribution < 1.29 is 4.74 Å². The summed E-state index contributed by atoms with van der Waals surface area (Å²) in [5.74, 6) is 5.93. The van der Waals surface area contributed by atoms with Crippen LogP contribution < -0.4 is 0 Å². The van der Waals surface area contributed by atoms with E-state index in [0.717, 1.165) is 6.42 Å². The molecule has 1 aliphatic rings. The second kappa shape index (κ2) is 4.41. The van der Waals surface area contributed by atoms with Crippen molar-refractivity contribution in [2.24, 2.45) is 0 Å². The van der Waals surface area contributed by atoms with E-state index >= 15 is 0 Å². The summed E-state index contributed by atoms with van der Waals surface area (Å²) in [6, 6.07) is 0. The van der Waals surface area contributed by atoms with Crippen LogP contribution in [0.3, 0.4) is 0 Å². The Labute approximate surface area is 69.1 Å².